The summed E-state index contributed by atoms with van der Waals surface area (Å²) in [5, 5.41) is 9.16. The Morgan fingerprint density at radius 2 is 2.10 bits per heavy atom. The van der Waals surface area contributed by atoms with Crippen LogP contribution in [0.4, 0.5) is 5.69 Å². The van der Waals surface area contributed by atoms with Gasteiger partial charge in [0.15, 0.2) is 0 Å². The maximum Gasteiger partial charge on any atom is 0.251 e. The fourth-order valence-corrected chi connectivity index (χ4v) is 2.97. The summed E-state index contributed by atoms with van der Waals surface area (Å²) in [5.41, 5.74) is 2.53. The monoisotopic (exact) mass is 287 g/mol. The van der Waals surface area contributed by atoms with Crippen LogP contribution in [-0.2, 0) is 11.2 Å². The van der Waals surface area contributed by atoms with Gasteiger partial charge in [-0.15, -0.1) is 0 Å². The number of benzene rings is 1. The number of fused-ring (bicyclic) bond motifs is 1. The van der Waals surface area contributed by atoms with Gasteiger partial charge in [0.2, 0.25) is 5.91 Å². The first-order chi connectivity index (χ1) is 10.1. The van der Waals surface area contributed by atoms with E-state index in [2.05, 4.69) is 22.9 Å². The lowest BCUT2D eigenvalue weighted by molar-refractivity contribution is -0.115. The van der Waals surface area contributed by atoms with Gasteiger partial charge in [0, 0.05) is 17.8 Å². The number of carbonyl (C=O) groups excluding carboxylic acids is 2. The van der Waals surface area contributed by atoms with Gasteiger partial charge in [0.05, 0.1) is 6.42 Å². The van der Waals surface area contributed by atoms with Gasteiger partial charge in [-0.1, -0.05) is 6.92 Å². The van der Waals surface area contributed by atoms with Gasteiger partial charge in [-0.25, -0.2) is 0 Å². The molecule has 3 N–H and O–H groups in total. The number of carbonyl (C=O) groups is 2. The number of hydrogen-bond donors (Lipinski definition) is 3. The van der Waals surface area contributed by atoms with Crippen LogP contribution in [-0.4, -0.2) is 31.4 Å². The first kappa shape index (κ1) is 14.1. The predicted molar refractivity (Wildman–Crippen MR) is 81.3 cm³/mol. The second-order valence-electron chi connectivity index (χ2n) is 6.34. The zero-order chi connectivity index (χ0) is 14.9. The number of rotatable bonds is 3. The van der Waals surface area contributed by atoms with Crippen molar-refractivity contribution in [3.8, 4) is 0 Å². The average Bonchev–Trinajstić information content (AvgIpc) is 2.84. The van der Waals surface area contributed by atoms with Crippen molar-refractivity contribution < 1.29 is 9.59 Å². The molecule has 2 amide bonds. The highest BCUT2D eigenvalue weighted by Crippen LogP contribution is 2.27. The number of nitrogens with one attached hydrogen (secondary N) is 3. The lowest BCUT2D eigenvalue weighted by Crippen LogP contribution is -2.42. The highest BCUT2D eigenvalue weighted by molar-refractivity contribution is 6.01. The van der Waals surface area contributed by atoms with Gasteiger partial charge in [-0.05, 0) is 55.1 Å². The van der Waals surface area contributed by atoms with Crippen LogP contribution in [0.2, 0.25) is 0 Å². The van der Waals surface area contributed by atoms with E-state index in [-0.39, 0.29) is 17.2 Å². The van der Waals surface area contributed by atoms with Crippen LogP contribution in [0.1, 0.15) is 35.7 Å². The Kier molecular flexibility index (Phi) is 3.68. The molecular weight excluding hydrogens is 266 g/mol. The molecule has 0 radical (unpaired) electrons. The highest BCUT2D eigenvalue weighted by atomic mass is 16.2. The van der Waals surface area contributed by atoms with Crippen LogP contribution in [0, 0.1) is 5.41 Å². The molecule has 5 heteroatoms. The van der Waals surface area contributed by atoms with Gasteiger partial charge >= 0.3 is 0 Å². The van der Waals surface area contributed by atoms with Crippen LogP contribution < -0.4 is 16.0 Å². The molecule has 2 heterocycles. The summed E-state index contributed by atoms with van der Waals surface area (Å²) in [4.78, 5) is 23.6. The normalized spacial score (nSPS) is 19.8. The molecule has 0 saturated carbocycles. The third-order valence-electron chi connectivity index (χ3n) is 4.48. The quantitative estimate of drug-likeness (QED) is 0.785. The van der Waals surface area contributed by atoms with Gasteiger partial charge < -0.3 is 16.0 Å². The van der Waals surface area contributed by atoms with E-state index in [0.717, 1.165) is 37.2 Å². The topological polar surface area (TPSA) is 70.2 Å². The Morgan fingerprint density at radius 3 is 2.86 bits per heavy atom. The number of anilines is 1. The molecule has 2 aliphatic rings. The van der Waals surface area contributed by atoms with Gasteiger partial charge in [-0.3, -0.25) is 9.59 Å². The SMILES string of the molecule is CC1(CNC(=O)c2ccc3c(c2)CC(=O)N3)CCNCC1. The van der Waals surface area contributed by atoms with Crippen LogP contribution in [0.3, 0.4) is 0 Å². The second kappa shape index (κ2) is 5.48. The Labute approximate surface area is 124 Å². The molecule has 2 aliphatic heterocycles. The molecule has 1 fully saturated rings. The van der Waals surface area contributed by atoms with Gasteiger partial charge in [-0.2, -0.15) is 0 Å². The van der Waals surface area contributed by atoms with Crippen molar-refractivity contribution in [1.29, 1.82) is 0 Å². The van der Waals surface area contributed by atoms with E-state index in [9.17, 15) is 9.59 Å². The summed E-state index contributed by atoms with van der Waals surface area (Å²) in [6.45, 7) is 4.94. The molecule has 1 aromatic rings. The summed E-state index contributed by atoms with van der Waals surface area (Å²) in [5.74, 6) is -0.0679. The van der Waals surface area contributed by atoms with Crippen molar-refractivity contribution in [2.24, 2.45) is 5.41 Å². The lowest BCUT2D eigenvalue weighted by Gasteiger charge is -2.34. The Balaban J connectivity index is 1.63. The van der Waals surface area contributed by atoms with E-state index in [1.807, 2.05) is 6.07 Å². The van der Waals surface area contributed by atoms with E-state index >= 15 is 0 Å². The zero-order valence-corrected chi connectivity index (χ0v) is 12.3. The molecule has 3 rings (SSSR count). The molecule has 1 aromatic carbocycles. The van der Waals surface area contributed by atoms with Crippen LogP contribution in [0.15, 0.2) is 18.2 Å². The Morgan fingerprint density at radius 1 is 1.33 bits per heavy atom. The largest absolute Gasteiger partial charge is 0.351 e. The minimum Gasteiger partial charge on any atom is -0.351 e. The molecule has 21 heavy (non-hydrogen) atoms. The molecular formula is C16H21N3O2. The third-order valence-corrected chi connectivity index (χ3v) is 4.48. The second-order valence-corrected chi connectivity index (χ2v) is 6.34. The minimum absolute atomic E-state index is 0.00947. The lowest BCUT2D eigenvalue weighted by atomic mass is 9.81. The van der Waals surface area contributed by atoms with Crippen LogP contribution >= 0.6 is 0 Å². The maximum absolute atomic E-state index is 12.3. The maximum atomic E-state index is 12.3. The molecule has 1 saturated heterocycles. The van der Waals surface area contributed by atoms with E-state index < -0.39 is 0 Å². The Bertz CT molecular complexity index is 577. The number of piperidine rings is 1. The molecule has 112 valence electrons. The molecule has 0 unspecified atom stereocenters. The predicted octanol–water partition coefficient (Wildman–Crippen LogP) is 1.30. The third kappa shape index (κ3) is 3.08. The fourth-order valence-electron chi connectivity index (χ4n) is 2.97. The first-order valence-electron chi connectivity index (χ1n) is 7.47. The average molecular weight is 287 g/mol. The van der Waals surface area contributed by atoms with E-state index in [1.165, 1.54) is 0 Å². The summed E-state index contributed by atoms with van der Waals surface area (Å²) >= 11 is 0. The standard InChI is InChI=1S/C16H21N3O2/c1-16(4-6-17-7-5-16)10-18-15(21)11-2-3-13-12(8-11)9-14(20)19-13/h2-3,8,17H,4-7,9-10H2,1H3,(H,18,21)(H,19,20). The van der Waals surface area contributed by atoms with E-state index in [0.29, 0.717) is 18.5 Å². The summed E-state index contributed by atoms with van der Waals surface area (Å²) in [6, 6.07) is 5.39. The summed E-state index contributed by atoms with van der Waals surface area (Å²) < 4.78 is 0. The van der Waals surface area contributed by atoms with Crippen molar-refractivity contribution >= 4 is 17.5 Å². The minimum atomic E-state index is -0.0584. The molecule has 0 bridgehead atoms. The van der Waals surface area contributed by atoms with Crippen molar-refractivity contribution in [1.82, 2.24) is 10.6 Å². The molecule has 0 aliphatic carbocycles. The van der Waals surface area contributed by atoms with E-state index in [4.69, 9.17) is 0 Å². The number of hydrogen-bond acceptors (Lipinski definition) is 3. The first-order valence-corrected chi connectivity index (χ1v) is 7.47. The molecule has 0 atom stereocenters. The fraction of sp³-hybridized carbons (Fsp3) is 0.500. The van der Waals surface area contributed by atoms with E-state index in [1.54, 1.807) is 12.1 Å². The van der Waals surface area contributed by atoms with Gasteiger partial charge in [0.1, 0.15) is 0 Å². The van der Waals surface area contributed by atoms with Crippen molar-refractivity contribution in [2.45, 2.75) is 26.2 Å². The van der Waals surface area contributed by atoms with Crippen molar-refractivity contribution in [3.05, 3.63) is 29.3 Å². The van der Waals surface area contributed by atoms with Crippen molar-refractivity contribution in [2.75, 3.05) is 25.0 Å². The number of amides is 2. The van der Waals surface area contributed by atoms with Gasteiger partial charge in [0.25, 0.3) is 5.91 Å². The van der Waals surface area contributed by atoms with Crippen LogP contribution in [0.5, 0.6) is 0 Å². The van der Waals surface area contributed by atoms with Crippen molar-refractivity contribution in [3.63, 3.8) is 0 Å². The summed E-state index contributed by atoms with van der Waals surface area (Å²) in [7, 11) is 0. The molecule has 5 nitrogen and oxygen atoms in total. The summed E-state index contributed by atoms with van der Waals surface area (Å²) in [6.07, 6.45) is 2.52. The zero-order valence-electron chi connectivity index (χ0n) is 12.3. The Hall–Kier alpha value is -1.88. The smallest absolute Gasteiger partial charge is 0.251 e. The van der Waals surface area contributed by atoms with Crippen LogP contribution in [0.25, 0.3) is 0 Å². The molecule has 0 aromatic heterocycles. The molecule has 0 spiro atoms. The highest BCUT2D eigenvalue weighted by Gasteiger charge is 2.27.